The lowest BCUT2D eigenvalue weighted by molar-refractivity contribution is -0.156. The Bertz CT molecular complexity index is 831. The quantitative estimate of drug-likeness (QED) is 0.163. The molecule has 0 aromatic rings. The molecule has 3 saturated heterocycles. The molecule has 3 aliphatic heterocycles. The van der Waals surface area contributed by atoms with Crippen molar-refractivity contribution in [2.45, 2.75) is 87.5 Å². The lowest BCUT2D eigenvalue weighted by Crippen LogP contribution is -2.59. The zero-order valence-corrected chi connectivity index (χ0v) is 22.6. The summed E-state index contributed by atoms with van der Waals surface area (Å²) in [5, 5.41) is 10.1. The van der Waals surface area contributed by atoms with Gasteiger partial charge in [-0.3, -0.25) is 14.4 Å². The van der Waals surface area contributed by atoms with Crippen molar-refractivity contribution < 1.29 is 29.0 Å². The Morgan fingerprint density at radius 3 is 2.63 bits per heavy atom. The number of allylic oxidation sites excluding steroid dienone is 1. The van der Waals surface area contributed by atoms with Gasteiger partial charge in [-0.15, -0.1) is 13.2 Å². The molecule has 9 heteroatoms. The van der Waals surface area contributed by atoms with E-state index in [0.29, 0.717) is 25.8 Å². The standard InChI is InChI=1S/C26H39BrN2O6/c1-6-9-10-11-13-34-25(33)19-20-23(31)29(17(8-3)15-30)22(24(32)28(12-7-2)16(4)5)26(20)14-18(27)21(19)35-26/h6-7,16-22,30H,1-2,8-15H2,3-5H3/t17-,18?,19+,20-,21+,22?,26?/m0/s1. The fourth-order valence-corrected chi connectivity index (χ4v) is 6.88. The van der Waals surface area contributed by atoms with E-state index in [1.165, 1.54) is 4.90 Å². The molecule has 0 saturated carbocycles. The van der Waals surface area contributed by atoms with Crippen molar-refractivity contribution in [2.75, 3.05) is 19.8 Å². The van der Waals surface area contributed by atoms with Gasteiger partial charge in [0, 0.05) is 17.4 Å². The molecule has 1 N–H and O–H groups in total. The number of alkyl halides is 1. The van der Waals surface area contributed by atoms with Crippen molar-refractivity contribution in [1.29, 1.82) is 0 Å². The van der Waals surface area contributed by atoms with Crippen LogP contribution in [0.3, 0.4) is 0 Å². The van der Waals surface area contributed by atoms with E-state index in [4.69, 9.17) is 9.47 Å². The van der Waals surface area contributed by atoms with Crippen LogP contribution in [-0.2, 0) is 23.9 Å². The first-order valence-electron chi connectivity index (χ1n) is 12.6. The van der Waals surface area contributed by atoms with Crippen LogP contribution in [-0.4, -0.2) is 87.1 Å². The Labute approximate surface area is 216 Å². The number of aliphatic hydroxyl groups excluding tert-OH is 1. The van der Waals surface area contributed by atoms with E-state index in [9.17, 15) is 19.5 Å². The van der Waals surface area contributed by atoms with Crippen LogP contribution >= 0.6 is 15.9 Å². The van der Waals surface area contributed by atoms with E-state index in [1.807, 2.05) is 26.8 Å². The summed E-state index contributed by atoms with van der Waals surface area (Å²) in [5.74, 6) is -2.66. The summed E-state index contributed by atoms with van der Waals surface area (Å²) >= 11 is 3.66. The molecule has 3 fully saturated rings. The third-order valence-corrected chi connectivity index (χ3v) is 8.43. The first-order valence-corrected chi connectivity index (χ1v) is 13.5. The van der Waals surface area contributed by atoms with Gasteiger partial charge in [0.2, 0.25) is 11.8 Å². The minimum atomic E-state index is -1.16. The normalized spacial score (nSPS) is 32.0. The largest absolute Gasteiger partial charge is 0.465 e. The number of hydrogen-bond donors (Lipinski definition) is 1. The second kappa shape index (κ2) is 11.6. The lowest BCUT2D eigenvalue weighted by Gasteiger charge is -2.40. The number of amides is 2. The maximum Gasteiger partial charge on any atom is 0.312 e. The number of carbonyl (C=O) groups is 3. The van der Waals surface area contributed by atoms with Crippen LogP contribution < -0.4 is 0 Å². The SMILES string of the molecule is C=CCCCCOC(=O)[C@H]1[C@@H]2OC3(CC2Br)C(C(=O)N(CC=C)C(C)C)N([C@@H](CC)CO)C(=O)[C@H]13. The smallest absolute Gasteiger partial charge is 0.312 e. The van der Waals surface area contributed by atoms with E-state index in [0.717, 1.165) is 12.8 Å². The number of likely N-dealkylation sites (tertiary alicyclic amines) is 1. The summed E-state index contributed by atoms with van der Waals surface area (Å²) in [6.45, 7) is 13.5. The summed E-state index contributed by atoms with van der Waals surface area (Å²) in [4.78, 5) is 44.2. The van der Waals surface area contributed by atoms with Gasteiger partial charge < -0.3 is 24.4 Å². The number of ether oxygens (including phenoxy) is 2. The van der Waals surface area contributed by atoms with Gasteiger partial charge >= 0.3 is 5.97 Å². The summed E-state index contributed by atoms with van der Waals surface area (Å²) in [6.07, 6.45) is 6.23. The molecule has 196 valence electrons. The van der Waals surface area contributed by atoms with Gasteiger partial charge in [0.15, 0.2) is 0 Å². The fourth-order valence-electron chi connectivity index (χ4n) is 5.93. The highest BCUT2D eigenvalue weighted by Crippen LogP contribution is 2.60. The molecule has 35 heavy (non-hydrogen) atoms. The van der Waals surface area contributed by atoms with Gasteiger partial charge in [-0.05, 0) is 46.0 Å². The number of nitrogens with zero attached hydrogens (tertiary/aromatic N) is 2. The number of hydrogen-bond acceptors (Lipinski definition) is 6. The Morgan fingerprint density at radius 2 is 2.06 bits per heavy atom. The molecule has 0 aromatic carbocycles. The number of fused-ring (bicyclic) bond motifs is 1. The average molecular weight is 556 g/mol. The summed E-state index contributed by atoms with van der Waals surface area (Å²) in [6, 6.07) is -1.62. The number of aliphatic hydroxyl groups is 1. The van der Waals surface area contributed by atoms with Crippen LogP contribution in [0.2, 0.25) is 0 Å². The van der Waals surface area contributed by atoms with Crippen LogP contribution in [0.15, 0.2) is 25.3 Å². The van der Waals surface area contributed by atoms with E-state index < -0.39 is 41.6 Å². The predicted octanol–water partition coefficient (Wildman–Crippen LogP) is 2.83. The molecule has 7 atom stereocenters. The minimum absolute atomic E-state index is 0.128. The Morgan fingerprint density at radius 1 is 1.34 bits per heavy atom. The molecule has 0 aliphatic carbocycles. The molecule has 3 rings (SSSR count). The highest BCUT2D eigenvalue weighted by molar-refractivity contribution is 9.09. The third kappa shape index (κ3) is 4.83. The van der Waals surface area contributed by atoms with Crippen molar-refractivity contribution in [3.8, 4) is 0 Å². The van der Waals surface area contributed by atoms with Crippen molar-refractivity contribution in [3.63, 3.8) is 0 Å². The molecule has 8 nitrogen and oxygen atoms in total. The van der Waals surface area contributed by atoms with Gasteiger partial charge in [0.1, 0.15) is 11.6 Å². The second-order valence-corrected chi connectivity index (χ2v) is 11.2. The Hall–Kier alpha value is -1.71. The number of halogens is 1. The first-order chi connectivity index (χ1) is 16.7. The van der Waals surface area contributed by atoms with Gasteiger partial charge in [0.05, 0.1) is 37.2 Å². The fraction of sp³-hybridized carbons (Fsp3) is 0.731. The molecule has 3 unspecified atom stereocenters. The molecular weight excluding hydrogens is 516 g/mol. The molecule has 2 amide bonds. The number of esters is 1. The minimum Gasteiger partial charge on any atom is -0.465 e. The Kier molecular flexibility index (Phi) is 9.21. The highest BCUT2D eigenvalue weighted by atomic mass is 79.9. The molecule has 3 heterocycles. The zero-order valence-electron chi connectivity index (χ0n) is 21.0. The maximum absolute atomic E-state index is 14.0. The Balaban J connectivity index is 1.98. The van der Waals surface area contributed by atoms with E-state index >= 15 is 0 Å². The zero-order chi connectivity index (χ0) is 25.9. The maximum atomic E-state index is 14.0. The monoisotopic (exact) mass is 554 g/mol. The highest BCUT2D eigenvalue weighted by Gasteiger charge is 2.77. The van der Waals surface area contributed by atoms with E-state index in [-0.39, 0.29) is 35.9 Å². The third-order valence-electron chi connectivity index (χ3n) is 7.59. The summed E-state index contributed by atoms with van der Waals surface area (Å²) < 4.78 is 12.1. The topological polar surface area (TPSA) is 96.4 Å². The van der Waals surface area contributed by atoms with Crippen LogP contribution in [0.4, 0.5) is 0 Å². The van der Waals surface area contributed by atoms with Crippen molar-refractivity contribution >= 4 is 33.7 Å². The average Bonchev–Trinajstić information content (AvgIpc) is 3.41. The van der Waals surface area contributed by atoms with Crippen molar-refractivity contribution in [1.82, 2.24) is 9.80 Å². The van der Waals surface area contributed by atoms with Crippen LogP contribution in [0, 0.1) is 11.8 Å². The molecule has 2 bridgehead atoms. The number of carbonyl (C=O) groups excluding carboxylic acids is 3. The molecule has 0 radical (unpaired) electrons. The predicted molar refractivity (Wildman–Crippen MR) is 136 cm³/mol. The van der Waals surface area contributed by atoms with Gasteiger partial charge in [-0.2, -0.15) is 0 Å². The lowest BCUT2D eigenvalue weighted by atomic mass is 9.70. The van der Waals surface area contributed by atoms with E-state index in [2.05, 4.69) is 29.1 Å². The summed E-state index contributed by atoms with van der Waals surface area (Å²) in [5.41, 5.74) is -1.16. The van der Waals surface area contributed by atoms with Gasteiger partial charge in [-0.1, -0.05) is 35.0 Å². The first kappa shape index (κ1) is 27.9. The molecular formula is C26H39BrN2O6. The molecule has 3 aliphatic rings. The summed E-state index contributed by atoms with van der Waals surface area (Å²) in [7, 11) is 0. The number of rotatable bonds is 13. The number of unbranched alkanes of at least 4 members (excludes halogenated alkanes) is 2. The van der Waals surface area contributed by atoms with Gasteiger partial charge in [0.25, 0.3) is 0 Å². The molecule has 0 aromatic heterocycles. The van der Waals surface area contributed by atoms with Gasteiger partial charge in [-0.25, -0.2) is 0 Å². The van der Waals surface area contributed by atoms with E-state index in [1.54, 1.807) is 11.0 Å². The second-order valence-electron chi connectivity index (χ2n) is 9.98. The van der Waals surface area contributed by atoms with Crippen LogP contribution in [0.1, 0.15) is 52.9 Å². The van der Waals surface area contributed by atoms with Crippen LogP contribution in [0.5, 0.6) is 0 Å². The molecule has 1 spiro atoms. The van der Waals surface area contributed by atoms with Crippen molar-refractivity contribution in [2.24, 2.45) is 11.8 Å². The van der Waals surface area contributed by atoms with Crippen LogP contribution in [0.25, 0.3) is 0 Å². The van der Waals surface area contributed by atoms with Crippen molar-refractivity contribution in [3.05, 3.63) is 25.3 Å².